The summed E-state index contributed by atoms with van der Waals surface area (Å²) in [6.07, 6.45) is 0. The van der Waals surface area contributed by atoms with E-state index >= 15 is 0 Å². The molecule has 0 unspecified atom stereocenters. The van der Waals surface area contributed by atoms with Gasteiger partial charge in [-0.25, -0.2) is 0 Å². The molecular formula is C73H44N2S2. The molecule has 0 N–H and O–H groups in total. The molecule has 2 nitrogen and oxygen atoms in total. The van der Waals surface area contributed by atoms with Crippen LogP contribution in [0.5, 0.6) is 0 Å². The molecule has 1 spiro atoms. The predicted molar refractivity (Wildman–Crippen MR) is 330 cm³/mol. The van der Waals surface area contributed by atoms with Crippen molar-refractivity contribution in [3.8, 4) is 22.3 Å². The molecule has 77 heavy (non-hydrogen) atoms. The molecule has 0 saturated carbocycles. The third kappa shape index (κ3) is 6.05. The van der Waals surface area contributed by atoms with Gasteiger partial charge in [-0.3, -0.25) is 0 Å². The van der Waals surface area contributed by atoms with Gasteiger partial charge in [0.25, 0.3) is 0 Å². The molecule has 0 aliphatic heterocycles. The van der Waals surface area contributed by atoms with Gasteiger partial charge in [-0.1, -0.05) is 170 Å². The van der Waals surface area contributed by atoms with Crippen LogP contribution in [0, 0.1) is 0 Å². The third-order valence-electron chi connectivity index (χ3n) is 16.8. The van der Waals surface area contributed by atoms with Crippen molar-refractivity contribution >= 4 is 129 Å². The Morgan fingerprint density at radius 3 is 1.27 bits per heavy atom. The molecule has 0 amide bonds. The summed E-state index contributed by atoms with van der Waals surface area (Å²) in [5, 5.41) is 12.7. The van der Waals surface area contributed by atoms with Crippen LogP contribution in [0.15, 0.2) is 267 Å². The van der Waals surface area contributed by atoms with E-state index in [4.69, 9.17) is 0 Å². The fourth-order valence-corrected chi connectivity index (χ4v) is 15.9. The van der Waals surface area contributed by atoms with Crippen molar-refractivity contribution in [2.45, 2.75) is 5.41 Å². The molecule has 0 saturated heterocycles. The van der Waals surface area contributed by atoms with Gasteiger partial charge in [-0.15, -0.1) is 22.7 Å². The standard InChI is InChI=1S/C73H44N2S2/c1-3-17-46(18-4-1)74(50-34-39-68-62(43-50)56-24-11-15-29-66(56)76-68)48-32-37-52-45(41-48)31-36-60-70-58-26-8-7-21-53(58)61-42-49(75(47-19-5-2-6-20-47)51-35-40-69-63(44-51)57-25-12-16-30-67(57)77-69)33-38-59(61)72(70)73(71(52)60)64-27-13-9-22-54(64)55-23-10-14-28-65(55)73/h1-44H. The van der Waals surface area contributed by atoms with Crippen molar-refractivity contribution in [2.24, 2.45) is 0 Å². The average Bonchev–Trinajstić information content (AvgIpc) is 4.01. The van der Waals surface area contributed by atoms with Crippen LogP contribution >= 0.6 is 22.7 Å². The van der Waals surface area contributed by atoms with Gasteiger partial charge in [0.15, 0.2) is 0 Å². The molecule has 2 aliphatic rings. The van der Waals surface area contributed by atoms with Crippen LogP contribution in [-0.2, 0) is 5.41 Å². The van der Waals surface area contributed by atoms with Crippen molar-refractivity contribution in [1.82, 2.24) is 0 Å². The molecule has 0 atom stereocenters. The molecule has 0 fully saturated rings. The van der Waals surface area contributed by atoms with Crippen LogP contribution in [0.2, 0.25) is 0 Å². The van der Waals surface area contributed by atoms with E-state index in [0.29, 0.717) is 0 Å². The minimum absolute atomic E-state index is 0.614. The molecule has 358 valence electrons. The molecule has 4 heteroatoms. The van der Waals surface area contributed by atoms with Gasteiger partial charge in [0.1, 0.15) is 0 Å². The fourth-order valence-electron chi connectivity index (χ4n) is 13.7. The first-order valence-corrected chi connectivity index (χ1v) is 28.1. The lowest BCUT2D eigenvalue weighted by molar-refractivity contribution is 0.809. The lowest BCUT2D eigenvalue weighted by Crippen LogP contribution is -2.26. The quantitative estimate of drug-likeness (QED) is 0.153. The maximum atomic E-state index is 2.48. The number of rotatable bonds is 6. The van der Waals surface area contributed by atoms with Gasteiger partial charge in [0, 0.05) is 74.5 Å². The Morgan fingerprint density at radius 1 is 0.247 bits per heavy atom. The molecule has 17 rings (SSSR count). The van der Waals surface area contributed by atoms with E-state index in [1.807, 2.05) is 22.7 Å². The van der Waals surface area contributed by atoms with Crippen molar-refractivity contribution in [3.05, 3.63) is 289 Å². The normalized spacial score (nSPS) is 13.0. The topological polar surface area (TPSA) is 6.48 Å². The Morgan fingerprint density at radius 2 is 0.688 bits per heavy atom. The summed E-state index contributed by atoms with van der Waals surface area (Å²) >= 11 is 3.73. The Labute approximate surface area is 453 Å². The number of hydrogen-bond acceptors (Lipinski definition) is 4. The number of nitrogens with zero attached hydrogens (tertiary/aromatic N) is 2. The van der Waals surface area contributed by atoms with E-state index in [1.54, 1.807) is 0 Å². The lowest BCUT2D eigenvalue weighted by atomic mass is 9.68. The van der Waals surface area contributed by atoms with E-state index in [-0.39, 0.29) is 0 Å². The predicted octanol–water partition coefficient (Wildman–Crippen LogP) is 21.2. The fraction of sp³-hybridized carbons (Fsp3) is 0.0137. The van der Waals surface area contributed by atoms with Crippen LogP contribution in [0.3, 0.4) is 0 Å². The SMILES string of the molecule is c1ccc(N(c2ccc3c4c(ccc3c2)-c2c(c3ccc(N(c5ccccc5)c5ccc6sc7ccccc7c6c5)cc3c3ccccc23)C42c3ccccc3-c3ccccc32)c2ccc3sc4ccccc4c3c2)cc1. The van der Waals surface area contributed by atoms with Crippen molar-refractivity contribution in [1.29, 1.82) is 0 Å². The second-order valence-electron chi connectivity index (χ2n) is 20.7. The number of fused-ring (bicyclic) bond motifs is 23. The number of thiophene rings is 2. The minimum atomic E-state index is -0.614. The van der Waals surface area contributed by atoms with Gasteiger partial charge in [-0.05, 0) is 174 Å². The lowest BCUT2D eigenvalue weighted by Gasteiger charge is -2.33. The molecule has 2 aromatic heterocycles. The summed E-state index contributed by atoms with van der Waals surface area (Å²) in [4.78, 5) is 4.88. The Bertz CT molecular complexity index is 4910. The van der Waals surface area contributed by atoms with Crippen molar-refractivity contribution in [2.75, 3.05) is 9.80 Å². The smallest absolute Gasteiger partial charge is 0.0737 e. The zero-order valence-corrected chi connectivity index (χ0v) is 43.2. The van der Waals surface area contributed by atoms with E-state index in [1.165, 1.54) is 117 Å². The number of hydrogen-bond donors (Lipinski definition) is 0. The van der Waals surface area contributed by atoms with Crippen molar-refractivity contribution in [3.63, 3.8) is 0 Å². The largest absolute Gasteiger partial charge is 0.310 e. The second-order valence-corrected chi connectivity index (χ2v) is 22.8. The highest BCUT2D eigenvalue weighted by Gasteiger charge is 2.54. The monoisotopic (exact) mass is 1010 g/mol. The zero-order chi connectivity index (χ0) is 50.3. The molecular weight excluding hydrogens is 969 g/mol. The highest BCUT2D eigenvalue weighted by molar-refractivity contribution is 7.26. The third-order valence-corrected chi connectivity index (χ3v) is 19.1. The van der Waals surface area contributed by atoms with Gasteiger partial charge in [0.2, 0.25) is 0 Å². The zero-order valence-electron chi connectivity index (χ0n) is 41.6. The maximum absolute atomic E-state index is 2.48. The maximum Gasteiger partial charge on any atom is 0.0737 e. The van der Waals surface area contributed by atoms with E-state index in [2.05, 4.69) is 277 Å². The van der Waals surface area contributed by atoms with E-state index in [9.17, 15) is 0 Å². The molecule has 2 aliphatic carbocycles. The van der Waals surface area contributed by atoms with Gasteiger partial charge in [-0.2, -0.15) is 0 Å². The Balaban J connectivity index is 0.923. The summed E-state index contributed by atoms with van der Waals surface area (Å²) in [6.45, 7) is 0. The summed E-state index contributed by atoms with van der Waals surface area (Å²) in [5.74, 6) is 0. The van der Waals surface area contributed by atoms with Gasteiger partial charge < -0.3 is 9.80 Å². The number of anilines is 6. The first-order valence-electron chi connectivity index (χ1n) is 26.5. The van der Waals surface area contributed by atoms with E-state index in [0.717, 1.165) is 34.1 Å². The molecule has 2 heterocycles. The Kier molecular flexibility index (Phi) is 9.12. The first-order chi connectivity index (χ1) is 38.2. The molecule has 15 aromatic rings. The van der Waals surface area contributed by atoms with Gasteiger partial charge in [0.05, 0.1) is 5.41 Å². The van der Waals surface area contributed by atoms with Crippen LogP contribution < -0.4 is 9.80 Å². The van der Waals surface area contributed by atoms with Crippen LogP contribution in [0.1, 0.15) is 22.3 Å². The highest BCUT2D eigenvalue weighted by atomic mass is 32.1. The molecule has 13 aromatic carbocycles. The summed E-state index contributed by atoms with van der Waals surface area (Å²) < 4.78 is 5.22. The minimum Gasteiger partial charge on any atom is -0.310 e. The Hall–Kier alpha value is -9.32. The van der Waals surface area contributed by atoms with Crippen molar-refractivity contribution < 1.29 is 0 Å². The summed E-state index contributed by atoms with van der Waals surface area (Å²) in [5.41, 5.74) is 16.8. The van der Waals surface area contributed by atoms with Crippen LogP contribution in [0.4, 0.5) is 34.1 Å². The van der Waals surface area contributed by atoms with Crippen LogP contribution in [-0.4, -0.2) is 0 Å². The average molecular weight is 1010 g/mol. The van der Waals surface area contributed by atoms with Gasteiger partial charge >= 0.3 is 0 Å². The summed E-state index contributed by atoms with van der Waals surface area (Å²) in [7, 11) is 0. The number of para-hydroxylation sites is 2. The molecule has 0 bridgehead atoms. The van der Waals surface area contributed by atoms with E-state index < -0.39 is 5.41 Å². The molecule has 0 radical (unpaired) electrons. The second kappa shape index (κ2) is 16.3. The highest BCUT2D eigenvalue weighted by Crippen LogP contribution is 2.67. The van der Waals surface area contributed by atoms with Crippen LogP contribution in [0.25, 0.3) is 94.9 Å². The first kappa shape index (κ1) is 43.0. The summed E-state index contributed by atoms with van der Waals surface area (Å²) in [6, 6.07) is 100. The number of benzene rings is 13.